The zero-order valence-electron chi connectivity index (χ0n) is 5.76. The van der Waals surface area contributed by atoms with Crippen molar-refractivity contribution in [3.8, 4) is 5.75 Å². The second kappa shape index (κ2) is 4.57. The van der Waals surface area contributed by atoms with Gasteiger partial charge in [0.2, 0.25) is 0 Å². The quantitative estimate of drug-likeness (QED) is 0.594. The van der Waals surface area contributed by atoms with Crippen LogP contribution in [-0.2, 0) is 0 Å². The van der Waals surface area contributed by atoms with Crippen LogP contribution in [0, 0.1) is 0 Å². The molecule has 1 aromatic rings. The third-order valence-electron chi connectivity index (χ3n) is 1.06. The van der Waals surface area contributed by atoms with E-state index in [0.717, 1.165) is 5.33 Å². The molecule has 0 atom stereocenters. The van der Waals surface area contributed by atoms with E-state index in [0.29, 0.717) is 17.5 Å². The molecule has 0 aliphatic rings. The highest BCUT2D eigenvalue weighted by Crippen LogP contribution is 2.19. The molecule has 11 heavy (non-hydrogen) atoms. The van der Waals surface area contributed by atoms with Gasteiger partial charge >= 0.3 is 0 Å². The highest BCUT2D eigenvalue weighted by Gasteiger charge is 1.98. The zero-order chi connectivity index (χ0) is 8.10. The van der Waals surface area contributed by atoms with Gasteiger partial charge in [0, 0.05) is 11.5 Å². The topological polar surface area (TPSA) is 22.1 Å². The molecule has 0 unspecified atom stereocenters. The normalized spacial score (nSPS) is 9.64. The summed E-state index contributed by atoms with van der Waals surface area (Å²) < 4.78 is 5.24. The number of rotatable bonds is 3. The average Bonchev–Trinajstić information content (AvgIpc) is 2.03. The molecule has 0 aromatic carbocycles. The maximum Gasteiger partial charge on any atom is 0.171 e. The molecule has 0 amide bonds. The highest BCUT2D eigenvalue weighted by atomic mass is 79.9. The number of ether oxygens (including phenoxy) is 1. The zero-order valence-corrected chi connectivity index (χ0v) is 8.10. The molecule has 0 aliphatic carbocycles. The van der Waals surface area contributed by atoms with Gasteiger partial charge in [0.1, 0.15) is 0 Å². The van der Waals surface area contributed by atoms with Crippen molar-refractivity contribution in [1.82, 2.24) is 4.98 Å². The summed E-state index contributed by atoms with van der Waals surface area (Å²) in [6.45, 7) is 0.603. The van der Waals surface area contributed by atoms with Crippen molar-refractivity contribution < 1.29 is 4.74 Å². The van der Waals surface area contributed by atoms with Gasteiger partial charge in [0.25, 0.3) is 0 Å². The van der Waals surface area contributed by atoms with Gasteiger partial charge in [-0.05, 0) is 12.1 Å². The fourth-order valence-electron chi connectivity index (χ4n) is 0.627. The summed E-state index contributed by atoms with van der Waals surface area (Å²) in [5.74, 6) is 0.633. The molecule has 0 fully saturated rings. The summed E-state index contributed by atoms with van der Waals surface area (Å²) >= 11 is 8.95. The minimum absolute atomic E-state index is 0.411. The minimum atomic E-state index is 0.411. The van der Waals surface area contributed by atoms with Crippen LogP contribution in [0.3, 0.4) is 0 Å². The fraction of sp³-hybridized carbons (Fsp3) is 0.286. The third-order valence-corrected chi connectivity index (χ3v) is 1.67. The summed E-state index contributed by atoms with van der Waals surface area (Å²) in [5, 5.41) is 1.20. The first-order valence-electron chi connectivity index (χ1n) is 3.14. The molecule has 0 N–H and O–H groups in total. The lowest BCUT2D eigenvalue weighted by Gasteiger charge is -2.03. The van der Waals surface area contributed by atoms with Gasteiger partial charge in [-0.3, -0.25) is 0 Å². The van der Waals surface area contributed by atoms with Gasteiger partial charge in [-0.15, -0.1) is 0 Å². The average molecular weight is 236 g/mol. The molecule has 1 aromatic heterocycles. The molecule has 2 nitrogen and oxygen atoms in total. The Balaban J connectivity index is 2.62. The van der Waals surface area contributed by atoms with E-state index in [9.17, 15) is 0 Å². The second-order valence-corrected chi connectivity index (χ2v) is 2.98. The van der Waals surface area contributed by atoms with Gasteiger partial charge in [-0.2, -0.15) is 0 Å². The molecule has 0 saturated carbocycles. The van der Waals surface area contributed by atoms with E-state index in [4.69, 9.17) is 16.3 Å². The number of halogens is 2. The molecular formula is C7H7BrClNO. The number of hydrogen-bond acceptors (Lipinski definition) is 2. The lowest BCUT2D eigenvalue weighted by molar-refractivity contribution is 0.344. The first-order chi connectivity index (χ1) is 5.34. The Morgan fingerprint density at radius 2 is 2.45 bits per heavy atom. The first-order valence-corrected chi connectivity index (χ1v) is 4.64. The lowest BCUT2D eigenvalue weighted by Crippen LogP contribution is -1.98. The summed E-state index contributed by atoms with van der Waals surface area (Å²) in [6.07, 6.45) is 1.63. The van der Waals surface area contributed by atoms with Gasteiger partial charge in [-0.25, -0.2) is 4.98 Å². The maximum absolute atomic E-state index is 5.71. The Morgan fingerprint density at radius 1 is 1.64 bits per heavy atom. The fourth-order valence-corrected chi connectivity index (χ4v) is 0.963. The summed E-state index contributed by atoms with van der Waals surface area (Å²) in [4.78, 5) is 3.86. The van der Waals surface area contributed by atoms with Crippen LogP contribution in [0.5, 0.6) is 5.75 Å². The minimum Gasteiger partial charge on any atom is -0.489 e. The van der Waals surface area contributed by atoms with Crippen LogP contribution >= 0.6 is 27.5 Å². The monoisotopic (exact) mass is 235 g/mol. The molecule has 0 saturated heterocycles. The highest BCUT2D eigenvalue weighted by molar-refractivity contribution is 9.09. The van der Waals surface area contributed by atoms with Crippen molar-refractivity contribution in [2.24, 2.45) is 0 Å². The molecule has 60 valence electrons. The molecule has 1 heterocycles. The van der Waals surface area contributed by atoms with E-state index in [2.05, 4.69) is 20.9 Å². The van der Waals surface area contributed by atoms with Crippen molar-refractivity contribution in [2.45, 2.75) is 0 Å². The van der Waals surface area contributed by atoms with E-state index in [1.165, 1.54) is 0 Å². The van der Waals surface area contributed by atoms with Crippen molar-refractivity contribution in [3.63, 3.8) is 0 Å². The van der Waals surface area contributed by atoms with E-state index in [-0.39, 0.29) is 0 Å². The number of aromatic nitrogens is 1. The summed E-state index contributed by atoms with van der Waals surface area (Å²) in [6, 6.07) is 3.58. The van der Waals surface area contributed by atoms with Crippen LogP contribution in [0.15, 0.2) is 18.3 Å². The Hall–Kier alpha value is -0.280. The van der Waals surface area contributed by atoms with Crippen LogP contribution in [0.1, 0.15) is 0 Å². The molecule has 4 heteroatoms. The number of hydrogen-bond donors (Lipinski definition) is 0. The van der Waals surface area contributed by atoms with Crippen molar-refractivity contribution in [2.75, 3.05) is 11.9 Å². The molecule has 0 radical (unpaired) electrons. The lowest BCUT2D eigenvalue weighted by atomic mass is 10.5. The van der Waals surface area contributed by atoms with E-state index < -0.39 is 0 Å². The standard InChI is InChI=1S/C7H7BrClNO/c8-3-5-11-6-2-1-4-10-7(6)9/h1-2,4H,3,5H2. The summed E-state index contributed by atoms with van der Waals surface area (Å²) in [7, 11) is 0. The van der Waals surface area contributed by atoms with Crippen molar-refractivity contribution >= 4 is 27.5 Å². The van der Waals surface area contributed by atoms with E-state index in [1.54, 1.807) is 18.3 Å². The number of alkyl halides is 1. The Kier molecular flexibility index (Phi) is 3.66. The molecule has 0 spiro atoms. The number of nitrogens with zero attached hydrogens (tertiary/aromatic N) is 1. The van der Waals surface area contributed by atoms with Crippen molar-refractivity contribution in [1.29, 1.82) is 0 Å². The van der Waals surface area contributed by atoms with Crippen LogP contribution < -0.4 is 4.74 Å². The molecule has 0 aliphatic heterocycles. The molecular weight excluding hydrogens is 229 g/mol. The second-order valence-electron chi connectivity index (χ2n) is 1.83. The molecule has 1 rings (SSSR count). The van der Waals surface area contributed by atoms with Gasteiger partial charge in [-0.1, -0.05) is 27.5 Å². The SMILES string of the molecule is Clc1ncccc1OCCBr. The van der Waals surface area contributed by atoms with Crippen molar-refractivity contribution in [3.05, 3.63) is 23.5 Å². The van der Waals surface area contributed by atoms with Crippen LogP contribution in [0.25, 0.3) is 0 Å². The Morgan fingerprint density at radius 3 is 3.09 bits per heavy atom. The van der Waals surface area contributed by atoms with Crippen LogP contribution in [-0.4, -0.2) is 16.9 Å². The van der Waals surface area contributed by atoms with Crippen LogP contribution in [0.2, 0.25) is 5.15 Å². The Bertz CT molecular complexity index is 231. The largest absolute Gasteiger partial charge is 0.489 e. The van der Waals surface area contributed by atoms with E-state index >= 15 is 0 Å². The molecule has 0 bridgehead atoms. The van der Waals surface area contributed by atoms with Gasteiger partial charge in [0.05, 0.1) is 6.61 Å². The maximum atomic E-state index is 5.71. The first kappa shape index (κ1) is 8.81. The van der Waals surface area contributed by atoms with Gasteiger partial charge < -0.3 is 4.74 Å². The Labute approximate surface area is 78.7 Å². The third kappa shape index (κ3) is 2.67. The predicted octanol–water partition coefficient (Wildman–Crippen LogP) is 2.51. The predicted molar refractivity (Wildman–Crippen MR) is 48.5 cm³/mol. The van der Waals surface area contributed by atoms with Crippen LogP contribution in [0.4, 0.5) is 0 Å². The summed E-state index contributed by atoms with van der Waals surface area (Å²) in [5.41, 5.74) is 0. The van der Waals surface area contributed by atoms with Gasteiger partial charge in [0.15, 0.2) is 10.9 Å². The van der Waals surface area contributed by atoms with E-state index in [1.807, 2.05) is 0 Å². The number of pyridine rings is 1. The smallest absolute Gasteiger partial charge is 0.171 e.